The van der Waals surface area contributed by atoms with E-state index < -0.39 is 5.97 Å². The minimum Gasteiger partial charge on any atom is -0.481 e. The van der Waals surface area contributed by atoms with E-state index in [1.807, 2.05) is 11.0 Å². The van der Waals surface area contributed by atoms with E-state index in [0.29, 0.717) is 18.3 Å². The Balaban J connectivity index is 1.11. The second-order valence-corrected chi connectivity index (χ2v) is 10.7. The zero-order valence-corrected chi connectivity index (χ0v) is 21.0. The largest absolute Gasteiger partial charge is 0.481 e. The molecule has 2 aromatic rings. The molecule has 1 saturated heterocycles. The molecule has 1 aromatic carbocycles. The van der Waals surface area contributed by atoms with Crippen molar-refractivity contribution < 1.29 is 14.7 Å². The second-order valence-electron chi connectivity index (χ2n) is 10.7. The van der Waals surface area contributed by atoms with Gasteiger partial charge < -0.3 is 20.6 Å². The summed E-state index contributed by atoms with van der Waals surface area (Å²) in [7, 11) is 0. The Morgan fingerprint density at radius 1 is 1.06 bits per heavy atom. The Bertz CT molecular complexity index is 1080. The van der Waals surface area contributed by atoms with Gasteiger partial charge in [0.05, 0.1) is 0 Å². The third-order valence-electron chi connectivity index (χ3n) is 8.34. The van der Waals surface area contributed by atoms with Gasteiger partial charge in [-0.2, -0.15) is 0 Å². The molecule has 5 rings (SSSR count). The summed E-state index contributed by atoms with van der Waals surface area (Å²) in [5.41, 5.74) is 4.79. The Morgan fingerprint density at radius 2 is 1.89 bits per heavy atom. The van der Waals surface area contributed by atoms with Crippen LogP contribution in [0, 0.1) is 17.8 Å². The van der Waals surface area contributed by atoms with Crippen LogP contribution in [0.25, 0.3) is 0 Å². The molecule has 192 valence electrons. The fourth-order valence-corrected chi connectivity index (χ4v) is 6.35. The van der Waals surface area contributed by atoms with Gasteiger partial charge in [-0.3, -0.25) is 9.59 Å². The molecule has 0 aliphatic carbocycles. The second kappa shape index (κ2) is 11.3. The smallest absolute Gasteiger partial charge is 0.303 e. The molecule has 3 aliphatic heterocycles. The van der Waals surface area contributed by atoms with E-state index >= 15 is 0 Å². The Morgan fingerprint density at radius 3 is 2.72 bits per heavy atom. The molecule has 4 heterocycles. The highest BCUT2D eigenvalue weighted by Crippen LogP contribution is 2.38. The van der Waals surface area contributed by atoms with E-state index in [9.17, 15) is 14.7 Å². The molecule has 1 amide bonds. The predicted molar refractivity (Wildman–Crippen MR) is 141 cm³/mol. The van der Waals surface area contributed by atoms with Crippen LogP contribution in [-0.2, 0) is 28.9 Å². The molecule has 0 saturated carbocycles. The van der Waals surface area contributed by atoms with Gasteiger partial charge in [-0.05, 0) is 86.0 Å². The van der Waals surface area contributed by atoms with Crippen molar-refractivity contribution in [3.8, 4) is 0 Å². The zero-order valence-electron chi connectivity index (χ0n) is 21.0. The summed E-state index contributed by atoms with van der Waals surface area (Å²) in [5, 5.41) is 16.5. The van der Waals surface area contributed by atoms with Gasteiger partial charge in [0.1, 0.15) is 5.82 Å². The summed E-state index contributed by atoms with van der Waals surface area (Å²) in [5.74, 6) is 1.29. The van der Waals surface area contributed by atoms with E-state index in [-0.39, 0.29) is 18.2 Å². The molecule has 3 N–H and O–H groups in total. The van der Waals surface area contributed by atoms with Crippen molar-refractivity contribution >= 4 is 23.4 Å². The van der Waals surface area contributed by atoms with Crippen molar-refractivity contribution in [2.45, 2.75) is 57.8 Å². The number of rotatable bonds is 8. The summed E-state index contributed by atoms with van der Waals surface area (Å²) in [6, 6.07) is 12.6. The number of anilines is 2. The fraction of sp³-hybridized carbons (Fsp3) is 0.552. The number of fused-ring (bicyclic) bond motifs is 2. The van der Waals surface area contributed by atoms with Gasteiger partial charge in [0, 0.05) is 50.4 Å². The number of hydrogen-bond acceptors (Lipinski definition) is 5. The standard InChI is InChI=1S/C29H38N4O3/c34-27(9-3-7-24-11-10-21-6-4-14-30-29(21)32-24)33-15-12-20(13-16-33)25(18-28(35)36)23-17-22-5-1-2-8-26(22)31-19-23/h1-2,5,8,10-11,20,23,25,31H,3-4,6-7,9,12-19H2,(H,30,32)(H,35,36)/t23-,25-/m1/s1. The Kier molecular flexibility index (Phi) is 7.73. The SMILES string of the molecule is O=C(O)C[C@H](C1CCN(C(=O)CCCc2ccc3c(n2)NCCC3)CC1)[C@H]1CNc2ccccc2C1. The van der Waals surface area contributed by atoms with Crippen molar-refractivity contribution in [3.63, 3.8) is 0 Å². The molecule has 0 radical (unpaired) electrons. The number of benzene rings is 1. The zero-order chi connectivity index (χ0) is 24.9. The third kappa shape index (κ3) is 5.82. The number of carbonyl (C=O) groups is 2. The highest BCUT2D eigenvalue weighted by Gasteiger charge is 2.36. The summed E-state index contributed by atoms with van der Waals surface area (Å²) in [6.07, 6.45) is 7.30. The number of piperidine rings is 1. The van der Waals surface area contributed by atoms with E-state index in [0.717, 1.165) is 82.6 Å². The molecule has 0 spiro atoms. The van der Waals surface area contributed by atoms with Crippen LogP contribution in [0.3, 0.4) is 0 Å². The number of aliphatic carboxylic acids is 1. The fourth-order valence-electron chi connectivity index (χ4n) is 6.35. The number of aryl methyl sites for hydroxylation is 2. The first-order chi connectivity index (χ1) is 17.6. The number of hydrogen-bond donors (Lipinski definition) is 3. The highest BCUT2D eigenvalue weighted by molar-refractivity contribution is 5.76. The van der Waals surface area contributed by atoms with Gasteiger partial charge in [0.15, 0.2) is 0 Å². The lowest BCUT2D eigenvalue weighted by molar-refractivity contribution is -0.140. The summed E-state index contributed by atoms with van der Waals surface area (Å²) in [4.78, 5) is 31.4. The van der Waals surface area contributed by atoms with Crippen LogP contribution >= 0.6 is 0 Å². The average Bonchev–Trinajstić information content (AvgIpc) is 2.91. The maximum atomic E-state index is 12.9. The molecule has 1 fully saturated rings. The van der Waals surface area contributed by atoms with Crippen LogP contribution in [0.1, 0.15) is 55.3 Å². The number of pyridine rings is 1. The number of nitrogens with zero attached hydrogens (tertiary/aromatic N) is 2. The number of para-hydroxylation sites is 1. The lowest BCUT2D eigenvalue weighted by atomic mass is 9.72. The number of carbonyl (C=O) groups excluding carboxylic acids is 1. The van der Waals surface area contributed by atoms with Gasteiger partial charge in [0.25, 0.3) is 0 Å². The number of likely N-dealkylation sites (tertiary alicyclic amines) is 1. The molecule has 0 bridgehead atoms. The maximum Gasteiger partial charge on any atom is 0.303 e. The lowest BCUT2D eigenvalue weighted by Gasteiger charge is -2.40. The minimum absolute atomic E-state index is 0.129. The first kappa shape index (κ1) is 24.6. The summed E-state index contributed by atoms with van der Waals surface area (Å²) in [6.45, 7) is 3.27. The average molecular weight is 491 g/mol. The van der Waals surface area contributed by atoms with Crippen LogP contribution < -0.4 is 10.6 Å². The normalized spacial score (nSPS) is 20.4. The Labute approximate surface area is 213 Å². The van der Waals surface area contributed by atoms with Crippen molar-refractivity contribution in [3.05, 3.63) is 53.2 Å². The first-order valence-corrected chi connectivity index (χ1v) is 13.6. The van der Waals surface area contributed by atoms with Crippen LogP contribution in [-0.4, -0.2) is 53.0 Å². The van der Waals surface area contributed by atoms with Crippen LogP contribution in [0.4, 0.5) is 11.5 Å². The summed E-state index contributed by atoms with van der Waals surface area (Å²) >= 11 is 0. The van der Waals surface area contributed by atoms with Gasteiger partial charge in [-0.25, -0.2) is 4.98 Å². The van der Waals surface area contributed by atoms with E-state index in [1.54, 1.807) is 0 Å². The minimum atomic E-state index is -0.719. The van der Waals surface area contributed by atoms with E-state index in [4.69, 9.17) is 4.98 Å². The number of carboxylic acid groups (broad SMARTS) is 1. The number of amides is 1. The summed E-state index contributed by atoms with van der Waals surface area (Å²) < 4.78 is 0. The molecule has 2 atom stereocenters. The number of carboxylic acids is 1. The molecule has 0 unspecified atom stereocenters. The highest BCUT2D eigenvalue weighted by atomic mass is 16.4. The van der Waals surface area contributed by atoms with Gasteiger partial charge >= 0.3 is 5.97 Å². The lowest BCUT2D eigenvalue weighted by Crippen LogP contribution is -2.43. The molecule has 1 aromatic heterocycles. The van der Waals surface area contributed by atoms with Crippen LogP contribution in [0.15, 0.2) is 36.4 Å². The van der Waals surface area contributed by atoms with E-state index in [2.05, 4.69) is 41.0 Å². The monoisotopic (exact) mass is 490 g/mol. The molecule has 36 heavy (non-hydrogen) atoms. The topological polar surface area (TPSA) is 94.6 Å². The molecule has 7 heteroatoms. The number of aromatic nitrogens is 1. The Hall–Kier alpha value is -3.09. The maximum absolute atomic E-state index is 12.9. The van der Waals surface area contributed by atoms with E-state index in [1.165, 1.54) is 16.8 Å². The predicted octanol–water partition coefficient (Wildman–Crippen LogP) is 4.38. The quantitative estimate of drug-likeness (QED) is 0.509. The van der Waals surface area contributed by atoms with Crippen molar-refractivity contribution in [2.24, 2.45) is 17.8 Å². The molecular weight excluding hydrogens is 452 g/mol. The van der Waals surface area contributed by atoms with Crippen molar-refractivity contribution in [1.29, 1.82) is 0 Å². The number of nitrogens with one attached hydrogen (secondary N) is 2. The first-order valence-electron chi connectivity index (χ1n) is 13.6. The van der Waals surface area contributed by atoms with Crippen LogP contribution in [0.5, 0.6) is 0 Å². The van der Waals surface area contributed by atoms with Crippen LogP contribution in [0.2, 0.25) is 0 Å². The van der Waals surface area contributed by atoms with Crippen molar-refractivity contribution in [2.75, 3.05) is 36.8 Å². The van der Waals surface area contributed by atoms with Gasteiger partial charge in [-0.15, -0.1) is 0 Å². The van der Waals surface area contributed by atoms with Gasteiger partial charge in [0.2, 0.25) is 5.91 Å². The van der Waals surface area contributed by atoms with Crippen molar-refractivity contribution in [1.82, 2.24) is 9.88 Å². The molecule has 3 aliphatic rings. The third-order valence-corrected chi connectivity index (χ3v) is 8.34. The molecule has 7 nitrogen and oxygen atoms in total. The molecular formula is C29H38N4O3. The van der Waals surface area contributed by atoms with Gasteiger partial charge in [-0.1, -0.05) is 24.3 Å².